The van der Waals surface area contributed by atoms with Crippen LogP contribution in [0.3, 0.4) is 0 Å². The molecule has 23 heavy (non-hydrogen) atoms. The van der Waals surface area contributed by atoms with Crippen LogP contribution < -0.4 is 11.2 Å². The van der Waals surface area contributed by atoms with E-state index in [1.165, 1.54) is 6.20 Å². The minimum Gasteiger partial charge on any atom is -0.397 e. The average Bonchev–Trinajstić information content (AvgIpc) is 2.62. The van der Waals surface area contributed by atoms with Gasteiger partial charge in [-0.3, -0.25) is 20.0 Å². The Hall–Kier alpha value is -3.25. The van der Waals surface area contributed by atoms with Gasteiger partial charge in [0.1, 0.15) is 0 Å². The minimum absolute atomic E-state index is 0.175. The number of nitrogens with zero attached hydrogens (tertiary/aromatic N) is 2. The number of rotatable bonds is 3. The molecule has 0 fully saturated rings. The van der Waals surface area contributed by atoms with Crippen molar-refractivity contribution >= 4 is 11.6 Å². The Kier molecular flexibility index (Phi) is 3.99. The van der Waals surface area contributed by atoms with Crippen LogP contribution >= 0.6 is 0 Å². The third-order valence-electron chi connectivity index (χ3n) is 3.46. The van der Waals surface area contributed by atoms with E-state index in [0.29, 0.717) is 5.69 Å². The number of nitrogen functional groups attached to an aromatic ring is 1. The molecule has 0 atom stereocenters. The molecule has 1 aromatic carbocycles. The van der Waals surface area contributed by atoms with Crippen molar-refractivity contribution in [3.8, 4) is 22.4 Å². The number of carbonyl (C=O) groups excluding carboxylic acids is 1. The minimum atomic E-state index is -0.668. The van der Waals surface area contributed by atoms with Gasteiger partial charge in [0.2, 0.25) is 0 Å². The molecule has 3 rings (SSSR count). The third kappa shape index (κ3) is 3.02. The lowest BCUT2D eigenvalue weighted by atomic mass is 10.0. The molecular formula is C17H14N4O2. The van der Waals surface area contributed by atoms with Gasteiger partial charge in [-0.05, 0) is 23.3 Å². The van der Waals surface area contributed by atoms with Crippen LogP contribution in [0.15, 0.2) is 61.1 Å². The molecule has 2 aromatic heterocycles. The topological polar surface area (TPSA) is 101 Å². The number of hydrogen-bond acceptors (Lipinski definition) is 5. The summed E-state index contributed by atoms with van der Waals surface area (Å²) in [5.41, 5.74) is 11.1. The number of amides is 1. The lowest BCUT2D eigenvalue weighted by molar-refractivity contribution is 0.0707. The molecule has 4 N–H and O–H groups in total. The highest BCUT2D eigenvalue weighted by Crippen LogP contribution is 2.25. The highest BCUT2D eigenvalue weighted by atomic mass is 16.5. The molecule has 0 bridgehead atoms. The van der Waals surface area contributed by atoms with Gasteiger partial charge in [-0.25, -0.2) is 5.48 Å². The number of benzene rings is 1. The summed E-state index contributed by atoms with van der Waals surface area (Å²) in [5, 5.41) is 8.76. The van der Waals surface area contributed by atoms with E-state index in [1.807, 2.05) is 36.4 Å². The number of hydrogen-bond donors (Lipinski definition) is 3. The van der Waals surface area contributed by atoms with Gasteiger partial charge in [0.15, 0.2) is 0 Å². The van der Waals surface area contributed by atoms with Crippen molar-refractivity contribution in [2.75, 3.05) is 5.73 Å². The summed E-state index contributed by atoms with van der Waals surface area (Å²) >= 11 is 0. The van der Waals surface area contributed by atoms with Crippen molar-refractivity contribution in [1.29, 1.82) is 0 Å². The maximum Gasteiger partial charge on any atom is 0.276 e. The molecule has 0 aliphatic rings. The summed E-state index contributed by atoms with van der Waals surface area (Å²) in [5.74, 6) is -0.668. The average molecular weight is 306 g/mol. The van der Waals surface area contributed by atoms with Crippen molar-refractivity contribution < 1.29 is 10.0 Å². The monoisotopic (exact) mass is 306 g/mol. The molecule has 1 amide bonds. The van der Waals surface area contributed by atoms with Crippen LogP contribution in [0.2, 0.25) is 0 Å². The van der Waals surface area contributed by atoms with E-state index >= 15 is 0 Å². The molecule has 0 saturated heterocycles. The first-order valence-electron chi connectivity index (χ1n) is 6.90. The van der Waals surface area contributed by atoms with Crippen LogP contribution in [0.5, 0.6) is 0 Å². The Balaban J connectivity index is 1.95. The van der Waals surface area contributed by atoms with Crippen molar-refractivity contribution in [1.82, 2.24) is 15.4 Å². The summed E-state index contributed by atoms with van der Waals surface area (Å²) in [6.07, 6.45) is 4.92. The summed E-state index contributed by atoms with van der Waals surface area (Å²) < 4.78 is 0. The zero-order valence-electron chi connectivity index (χ0n) is 12.1. The highest BCUT2D eigenvalue weighted by molar-refractivity contribution is 5.99. The Bertz CT molecular complexity index is 833. The van der Waals surface area contributed by atoms with Gasteiger partial charge in [0.05, 0.1) is 23.1 Å². The zero-order valence-corrected chi connectivity index (χ0v) is 12.1. The standard InChI is InChI=1S/C17H14N4O2/c18-15-10-20-16(8-14(15)17(22)21-23)12-5-3-11(4-6-12)13-2-1-7-19-9-13/h1-10,23H,18H2,(H,21,22). The molecule has 2 heterocycles. The van der Waals surface area contributed by atoms with Gasteiger partial charge in [-0.1, -0.05) is 30.3 Å². The van der Waals surface area contributed by atoms with E-state index in [1.54, 1.807) is 23.9 Å². The Morgan fingerprint density at radius 2 is 1.78 bits per heavy atom. The molecule has 3 aromatic rings. The van der Waals surface area contributed by atoms with Gasteiger partial charge in [0, 0.05) is 18.0 Å². The molecule has 0 radical (unpaired) electrons. The van der Waals surface area contributed by atoms with Gasteiger partial charge >= 0.3 is 0 Å². The number of carbonyl (C=O) groups is 1. The molecule has 0 aliphatic heterocycles. The lowest BCUT2D eigenvalue weighted by Gasteiger charge is -2.07. The fourth-order valence-corrected chi connectivity index (χ4v) is 2.25. The Labute approximate surface area is 132 Å². The van der Waals surface area contributed by atoms with E-state index in [9.17, 15) is 4.79 Å². The predicted molar refractivity (Wildman–Crippen MR) is 86.6 cm³/mol. The number of aromatic nitrogens is 2. The molecule has 0 unspecified atom stereocenters. The number of nitrogens with one attached hydrogen (secondary N) is 1. The van der Waals surface area contributed by atoms with Crippen LogP contribution in [0.25, 0.3) is 22.4 Å². The van der Waals surface area contributed by atoms with Crippen molar-refractivity contribution in [3.05, 3.63) is 66.6 Å². The first-order valence-corrected chi connectivity index (χ1v) is 6.90. The molecular weight excluding hydrogens is 292 g/mol. The van der Waals surface area contributed by atoms with Crippen molar-refractivity contribution in [2.24, 2.45) is 0 Å². The number of pyridine rings is 2. The molecule has 0 spiro atoms. The van der Waals surface area contributed by atoms with Crippen LogP contribution in [-0.4, -0.2) is 21.1 Å². The normalized spacial score (nSPS) is 10.3. The fourth-order valence-electron chi connectivity index (χ4n) is 2.25. The summed E-state index contributed by atoms with van der Waals surface area (Å²) in [6, 6.07) is 13.1. The zero-order chi connectivity index (χ0) is 16.2. The van der Waals surface area contributed by atoms with Gasteiger partial charge < -0.3 is 5.73 Å². The first-order chi connectivity index (χ1) is 11.2. The second kappa shape index (κ2) is 6.25. The predicted octanol–water partition coefficient (Wildman–Crippen LogP) is 2.51. The molecule has 114 valence electrons. The SMILES string of the molecule is Nc1cnc(-c2ccc(-c3cccnc3)cc2)cc1C(=O)NO. The van der Waals surface area contributed by atoms with Gasteiger partial charge in [-0.2, -0.15) is 0 Å². The van der Waals surface area contributed by atoms with E-state index in [2.05, 4.69) is 9.97 Å². The van der Waals surface area contributed by atoms with E-state index in [0.717, 1.165) is 16.7 Å². The number of anilines is 1. The van der Waals surface area contributed by atoms with E-state index in [4.69, 9.17) is 10.9 Å². The molecule has 6 heteroatoms. The van der Waals surface area contributed by atoms with Crippen LogP contribution in [0.1, 0.15) is 10.4 Å². The first kappa shape index (κ1) is 14.7. The fraction of sp³-hybridized carbons (Fsp3) is 0. The molecule has 6 nitrogen and oxygen atoms in total. The van der Waals surface area contributed by atoms with E-state index in [-0.39, 0.29) is 11.3 Å². The number of nitrogens with two attached hydrogens (primary N) is 1. The largest absolute Gasteiger partial charge is 0.397 e. The van der Waals surface area contributed by atoms with Crippen LogP contribution in [0, 0.1) is 0 Å². The Morgan fingerprint density at radius 3 is 2.43 bits per heavy atom. The van der Waals surface area contributed by atoms with Crippen LogP contribution in [0.4, 0.5) is 5.69 Å². The van der Waals surface area contributed by atoms with Crippen molar-refractivity contribution in [2.45, 2.75) is 0 Å². The summed E-state index contributed by atoms with van der Waals surface area (Å²) in [7, 11) is 0. The smallest absolute Gasteiger partial charge is 0.276 e. The number of hydroxylamine groups is 1. The summed E-state index contributed by atoms with van der Waals surface area (Å²) in [6.45, 7) is 0. The van der Waals surface area contributed by atoms with Gasteiger partial charge in [-0.15, -0.1) is 0 Å². The lowest BCUT2D eigenvalue weighted by Crippen LogP contribution is -2.20. The van der Waals surface area contributed by atoms with Gasteiger partial charge in [0.25, 0.3) is 5.91 Å². The quantitative estimate of drug-likeness (QED) is 0.510. The molecule has 0 saturated carbocycles. The highest BCUT2D eigenvalue weighted by Gasteiger charge is 2.11. The second-order valence-corrected chi connectivity index (χ2v) is 4.92. The Morgan fingerprint density at radius 1 is 1.04 bits per heavy atom. The second-order valence-electron chi connectivity index (χ2n) is 4.92. The molecule has 0 aliphatic carbocycles. The van der Waals surface area contributed by atoms with Crippen molar-refractivity contribution in [3.63, 3.8) is 0 Å². The maximum atomic E-state index is 11.6. The third-order valence-corrected chi connectivity index (χ3v) is 3.46. The van der Waals surface area contributed by atoms with Crippen LogP contribution in [-0.2, 0) is 0 Å². The summed E-state index contributed by atoms with van der Waals surface area (Å²) in [4.78, 5) is 19.9. The maximum absolute atomic E-state index is 11.6. The van der Waals surface area contributed by atoms with E-state index < -0.39 is 5.91 Å².